The van der Waals surface area contributed by atoms with Crippen molar-refractivity contribution in [3.63, 3.8) is 0 Å². The number of hydrogen-bond acceptors (Lipinski definition) is 4. The predicted molar refractivity (Wildman–Crippen MR) is 63.9 cm³/mol. The summed E-state index contributed by atoms with van der Waals surface area (Å²) < 4.78 is 4.71. The van der Waals surface area contributed by atoms with E-state index in [-0.39, 0.29) is 17.8 Å². The van der Waals surface area contributed by atoms with Crippen molar-refractivity contribution in [3.8, 4) is 5.75 Å². The molecule has 2 N–H and O–H groups in total. The van der Waals surface area contributed by atoms with Crippen LogP contribution in [-0.4, -0.2) is 30.8 Å². The maximum absolute atomic E-state index is 11.3. The van der Waals surface area contributed by atoms with E-state index in [1.165, 1.54) is 12.7 Å². The van der Waals surface area contributed by atoms with Crippen LogP contribution in [0.4, 0.5) is 0 Å². The molecule has 0 aliphatic carbocycles. The molecule has 1 saturated heterocycles. The minimum Gasteiger partial charge on any atom is -0.508 e. The van der Waals surface area contributed by atoms with Gasteiger partial charge in [-0.1, -0.05) is 12.1 Å². The summed E-state index contributed by atoms with van der Waals surface area (Å²) in [5, 5.41) is 12.4. The van der Waals surface area contributed by atoms with E-state index in [2.05, 4.69) is 5.32 Å². The normalized spacial score (nSPS) is 24.3. The monoisotopic (exact) mass is 235 g/mol. The van der Waals surface area contributed by atoms with Crippen LogP contribution in [0.5, 0.6) is 5.75 Å². The van der Waals surface area contributed by atoms with E-state index in [4.69, 9.17) is 4.74 Å². The first-order valence-corrected chi connectivity index (χ1v) is 5.81. The fourth-order valence-corrected chi connectivity index (χ4v) is 2.23. The number of hydrogen-bond donors (Lipinski definition) is 2. The van der Waals surface area contributed by atoms with Gasteiger partial charge < -0.3 is 15.2 Å². The van der Waals surface area contributed by atoms with Gasteiger partial charge in [0.15, 0.2) is 0 Å². The van der Waals surface area contributed by atoms with Gasteiger partial charge in [-0.3, -0.25) is 4.79 Å². The molecule has 0 bridgehead atoms. The minimum atomic E-state index is -0.186. The molecule has 0 unspecified atom stereocenters. The number of phenols is 1. The van der Waals surface area contributed by atoms with Gasteiger partial charge in [-0.25, -0.2) is 0 Å². The standard InChI is InChI=1S/C13H17NO3/c1-17-13(16)12-7-4-10(8-14-12)9-2-5-11(15)6-3-9/h2-3,5-6,10,12,14-15H,4,7-8H2,1H3/t10-,12+/m1/s1. The molecule has 1 heterocycles. The Labute approximate surface area is 101 Å². The lowest BCUT2D eigenvalue weighted by atomic mass is 9.89. The largest absolute Gasteiger partial charge is 0.508 e. The lowest BCUT2D eigenvalue weighted by Crippen LogP contribution is -2.43. The smallest absolute Gasteiger partial charge is 0.322 e. The molecule has 1 aliphatic heterocycles. The number of benzene rings is 1. The summed E-state index contributed by atoms with van der Waals surface area (Å²) in [6.07, 6.45) is 1.75. The number of carbonyl (C=O) groups excluding carboxylic acids is 1. The van der Waals surface area contributed by atoms with E-state index in [1.54, 1.807) is 12.1 Å². The van der Waals surface area contributed by atoms with Crippen molar-refractivity contribution in [2.24, 2.45) is 0 Å². The first-order valence-electron chi connectivity index (χ1n) is 5.81. The molecule has 4 nitrogen and oxygen atoms in total. The molecule has 0 aromatic heterocycles. The Kier molecular flexibility index (Phi) is 3.64. The highest BCUT2D eigenvalue weighted by Crippen LogP contribution is 2.26. The second kappa shape index (κ2) is 5.19. The zero-order valence-electron chi connectivity index (χ0n) is 9.85. The minimum absolute atomic E-state index is 0.173. The van der Waals surface area contributed by atoms with Crippen LogP contribution >= 0.6 is 0 Å². The Morgan fingerprint density at radius 3 is 2.59 bits per heavy atom. The molecule has 2 atom stereocenters. The number of esters is 1. The molecule has 0 radical (unpaired) electrons. The molecule has 0 amide bonds. The van der Waals surface area contributed by atoms with Gasteiger partial charge in [0.05, 0.1) is 7.11 Å². The third-order valence-electron chi connectivity index (χ3n) is 3.26. The van der Waals surface area contributed by atoms with Crippen molar-refractivity contribution >= 4 is 5.97 Å². The highest BCUT2D eigenvalue weighted by molar-refractivity contribution is 5.75. The quantitative estimate of drug-likeness (QED) is 0.761. The molecule has 0 saturated carbocycles. The number of carbonyl (C=O) groups is 1. The fourth-order valence-electron chi connectivity index (χ4n) is 2.23. The Morgan fingerprint density at radius 2 is 2.06 bits per heavy atom. The maximum atomic E-state index is 11.3. The van der Waals surface area contributed by atoms with Crippen LogP contribution in [0.2, 0.25) is 0 Å². The number of phenolic OH excluding ortho intramolecular Hbond substituents is 1. The van der Waals surface area contributed by atoms with E-state index < -0.39 is 0 Å². The predicted octanol–water partition coefficient (Wildman–Crippen LogP) is 1.40. The first-order chi connectivity index (χ1) is 8.20. The van der Waals surface area contributed by atoms with Gasteiger partial charge in [-0.2, -0.15) is 0 Å². The fraction of sp³-hybridized carbons (Fsp3) is 0.462. The van der Waals surface area contributed by atoms with Gasteiger partial charge in [0.25, 0.3) is 0 Å². The van der Waals surface area contributed by atoms with Gasteiger partial charge in [0, 0.05) is 6.54 Å². The van der Waals surface area contributed by atoms with E-state index in [9.17, 15) is 9.90 Å². The number of piperidine rings is 1. The second-order valence-corrected chi connectivity index (χ2v) is 4.35. The van der Waals surface area contributed by atoms with Crippen LogP contribution < -0.4 is 5.32 Å². The highest BCUT2D eigenvalue weighted by Gasteiger charge is 2.26. The van der Waals surface area contributed by atoms with Crippen LogP contribution in [0.25, 0.3) is 0 Å². The number of aromatic hydroxyl groups is 1. The van der Waals surface area contributed by atoms with Gasteiger partial charge in [0.2, 0.25) is 0 Å². The van der Waals surface area contributed by atoms with Crippen molar-refractivity contribution in [1.82, 2.24) is 5.32 Å². The number of ether oxygens (including phenoxy) is 1. The van der Waals surface area contributed by atoms with Crippen LogP contribution in [-0.2, 0) is 9.53 Å². The molecular weight excluding hydrogens is 218 g/mol. The van der Waals surface area contributed by atoms with Gasteiger partial charge >= 0.3 is 5.97 Å². The van der Waals surface area contributed by atoms with Gasteiger partial charge in [0.1, 0.15) is 11.8 Å². The second-order valence-electron chi connectivity index (χ2n) is 4.35. The summed E-state index contributed by atoms with van der Waals surface area (Å²) in [4.78, 5) is 11.3. The summed E-state index contributed by atoms with van der Waals surface area (Å²) in [5.41, 5.74) is 1.19. The molecule has 1 aromatic rings. The van der Waals surface area contributed by atoms with Gasteiger partial charge in [-0.05, 0) is 36.5 Å². The molecule has 17 heavy (non-hydrogen) atoms. The van der Waals surface area contributed by atoms with E-state index in [0.29, 0.717) is 5.92 Å². The maximum Gasteiger partial charge on any atom is 0.322 e. The lowest BCUT2D eigenvalue weighted by Gasteiger charge is -2.28. The first kappa shape index (κ1) is 11.9. The molecule has 92 valence electrons. The Morgan fingerprint density at radius 1 is 1.35 bits per heavy atom. The number of rotatable bonds is 2. The van der Waals surface area contributed by atoms with Crippen molar-refractivity contribution in [3.05, 3.63) is 29.8 Å². The third-order valence-corrected chi connectivity index (χ3v) is 3.26. The molecule has 1 aliphatic rings. The Bertz CT molecular complexity index is 380. The summed E-state index contributed by atoms with van der Waals surface area (Å²) in [6, 6.07) is 7.08. The zero-order valence-corrected chi connectivity index (χ0v) is 9.85. The van der Waals surface area contributed by atoms with Crippen LogP contribution in [0.1, 0.15) is 24.3 Å². The lowest BCUT2D eigenvalue weighted by molar-refractivity contribution is -0.143. The average Bonchev–Trinajstić information content (AvgIpc) is 2.39. The van der Waals surface area contributed by atoms with E-state index in [0.717, 1.165) is 19.4 Å². The molecule has 0 spiro atoms. The highest BCUT2D eigenvalue weighted by atomic mass is 16.5. The zero-order chi connectivity index (χ0) is 12.3. The Balaban J connectivity index is 1.95. The number of methoxy groups -OCH3 is 1. The third kappa shape index (κ3) is 2.77. The topological polar surface area (TPSA) is 58.6 Å². The van der Waals surface area contributed by atoms with Gasteiger partial charge in [-0.15, -0.1) is 0 Å². The van der Waals surface area contributed by atoms with Crippen molar-refractivity contribution in [2.75, 3.05) is 13.7 Å². The number of nitrogens with one attached hydrogen (secondary N) is 1. The summed E-state index contributed by atoms with van der Waals surface area (Å²) in [6.45, 7) is 0.768. The van der Waals surface area contributed by atoms with Crippen LogP contribution in [0.3, 0.4) is 0 Å². The summed E-state index contributed by atoms with van der Waals surface area (Å²) >= 11 is 0. The summed E-state index contributed by atoms with van der Waals surface area (Å²) in [7, 11) is 1.41. The van der Waals surface area contributed by atoms with Crippen molar-refractivity contribution < 1.29 is 14.6 Å². The van der Waals surface area contributed by atoms with Crippen LogP contribution in [0.15, 0.2) is 24.3 Å². The summed E-state index contributed by atoms with van der Waals surface area (Å²) in [5.74, 6) is 0.496. The molecule has 1 fully saturated rings. The SMILES string of the molecule is COC(=O)[C@@H]1CC[C@@H](c2ccc(O)cc2)CN1. The van der Waals surface area contributed by atoms with Crippen molar-refractivity contribution in [2.45, 2.75) is 24.8 Å². The molecular formula is C13H17NO3. The van der Waals surface area contributed by atoms with Crippen LogP contribution in [0, 0.1) is 0 Å². The molecule has 2 rings (SSSR count). The Hall–Kier alpha value is -1.55. The van der Waals surface area contributed by atoms with E-state index >= 15 is 0 Å². The van der Waals surface area contributed by atoms with E-state index in [1.807, 2.05) is 12.1 Å². The van der Waals surface area contributed by atoms with Crippen molar-refractivity contribution in [1.29, 1.82) is 0 Å². The molecule has 1 aromatic carbocycles. The average molecular weight is 235 g/mol. The molecule has 4 heteroatoms.